The third-order valence-electron chi connectivity index (χ3n) is 3.30. The van der Waals surface area contributed by atoms with E-state index in [0.717, 1.165) is 23.2 Å². The molecule has 2 rings (SSSR count). The van der Waals surface area contributed by atoms with Gasteiger partial charge in [0.1, 0.15) is 11.4 Å². The van der Waals surface area contributed by atoms with Gasteiger partial charge in [-0.25, -0.2) is 0 Å². The van der Waals surface area contributed by atoms with Gasteiger partial charge in [0.25, 0.3) is 0 Å². The predicted octanol–water partition coefficient (Wildman–Crippen LogP) is 3.29. The lowest BCUT2D eigenvalue weighted by molar-refractivity contribution is -0.0326. The molecule has 0 radical (unpaired) electrons. The predicted molar refractivity (Wildman–Crippen MR) is 76.1 cm³/mol. The van der Waals surface area contributed by atoms with Crippen molar-refractivity contribution in [2.75, 3.05) is 20.3 Å². The highest BCUT2D eigenvalue weighted by atomic mass is 79.9. The van der Waals surface area contributed by atoms with E-state index in [9.17, 15) is 0 Å². The van der Waals surface area contributed by atoms with Crippen LogP contribution in [0.15, 0.2) is 22.7 Å². The van der Waals surface area contributed by atoms with E-state index in [1.807, 2.05) is 26.1 Å². The summed E-state index contributed by atoms with van der Waals surface area (Å²) in [5.74, 6) is 0.950. The van der Waals surface area contributed by atoms with Crippen LogP contribution in [0.4, 0.5) is 0 Å². The third kappa shape index (κ3) is 2.87. The summed E-state index contributed by atoms with van der Waals surface area (Å²) < 4.78 is 12.8. The molecule has 3 nitrogen and oxygen atoms in total. The number of hydrogen-bond donors (Lipinski definition) is 1. The Morgan fingerprint density at radius 3 is 3.00 bits per heavy atom. The van der Waals surface area contributed by atoms with Crippen molar-refractivity contribution >= 4 is 15.9 Å². The Balaban J connectivity index is 2.27. The quantitative estimate of drug-likeness (QED) is 0.925. The minimum atomic E-state index is -0.259. The zero-order valence-corrected chi connectivity index (χ0v) is 12.7. The lowest BCUT2D eigenvalue weighted by Gasteiger charge is -2.39. The SMILES string of the molecule is CCOCC1(C)CC(NC)c2cc(Br)ccc2O1. The summed E-state index contributed by atoms with van der Waals surface area (Å²) in [6.45, 7) is 5.46. The standard InChI is InChI=1S/C14H20BrNO2/c1-4-17-9-14(2)8-12(16-3)11-7-10(15)5-6-13(11)18-14/h5-7,12,16H,4,8-9H2,1-3H3. The molecule has 0 amide bonds. The van der Waals surface area contributed by atoms with Crippen LogP contribution in [0.1, 0.15) is 31.9 Å². The molecular weight excluding hydrogens is 294 g/mol. The molecule has 1 aromatic carbocycles. The molecule has 0 fully saturated rings. The fourth-order valence-corrected chi connectivity index (χ4v) is 2.78. The van der Waals surface area contributed by atoms with Gasteiger partial charge >= 0.3 is 0 Å². The molecule has 0 saturated heterocycles. The number of ether oxygens (including phenoxy) is 2. The topological polar surface area (TPSA) is 30.5 Å². The van der Waals surface area contributed by atoms with Crippen LogP contribution < -0.4 is 10.1 Å². The second-order valence-electron chi connectivity index (χ2n) is 4.92. The summed E-state index contributed by atoms with van der Waals surface area (Å²) >= 11 is 3.51. The Bertz CT molecular complexity index is 424. The highest BCUT2D eigenvalue weighted by Gasteiger charge is 2.37. The van der Waals surface area contributed by atoms with Gasteiger partial charge < -0.3 is 14.8 Å². The van der Waals surface area contributed by atoms with Crippen LogP contribution in [-0.2, 0) is 4.74 Å². The summed E-state index contributed by atoms with van der Waals surface area (Å²) in [7, 11) is 1.99. The Morgan fingerprint density at radius 1 is 1.56 bits per heavy atom. The molecule has 1 aliphatic rings. The zero-order chi connectivity index (χ0) is 13.2. The lowest BCUT2D eigenvalue weighted by atomic mass is 9.89. The van der Waals surface area contributed by atoms with Crippen molar-refractivity contribution in [3.63, 3.8) is 0 Å². The van der Waals surface area contributed by atoms with E-state index in [-0.39, 0.29) is 5.60 Å². The maximum Gasteiger partial charge on any atom is 0.131 e. The highest BCUT2D eigenvalue weighted by Crippen LogP contribution is 2.40. The van der Waals surface area contributed by atoms with Gasteiger partial charge in [0.15, 0.2) is 0 Å². The van der Waals surface area contributed by atoms with Gasteiger partial charge in [0, 0.05) is 29.1 Å². The molecule has 0 aliphatic carbocycles. The number of benzene rings is 1. The van der Waals surface area contributed by atoms with Crippen molar-refractivity contribution in [2.24, 2.45) is 0 Å². The molecule has 1 N–H and O–H groups in total. The lowest BCUT2D eigenvalue weighted by Crippen LogP contribution is -2.44. The van der Waals surface area contributed by atoms with Crippen molar-refractivity contribution in [2.45, 2.75) is 31.9 Å². The molecule has 18 heavy (non-hydrogen) atoms. The average molecular weight is 314 g/mol. The molecule has 1 aliphatic heterocycles. The van der Waals surface area contributed by atoms with E-state index >= 15 is 0 Å². The Morgan fingerprint density at radius 2 is 2.33 bits per heavy atom. The maximum absolute atomic E-state index is 6.12. The van der Waals surface area contributed by atoms with Crippen molar-refractivity contribution in [3.8, 4) is 5.75 Å². The van der Waals surface area contributed by atoms with E-state index in [1.54, 1.807) is 0 Å². The minimum absolute atomic E-state index is 0.259. The number of rotatable bonds is 4. The monoisotopic (exact) mass is 313 g/mol. The van der Waals surface area contributed by atoms with Gasteiger partial charge in [-0.05, 0) is 39.1 Å². The summed E-state index contributed by atoms with van der Waals surface area (Å²) in [5.41, 5.74) is 0.950. The first-order valence-electron chi connectivity index (χ1n) is 6.31. The van der Waals surface area contributed by atoms with E-state index in [2.05, 4.69) is 34.2 Å². The second kappa shape index (κ2) is 5.59. The fourth-order valence-electron chi connectivity index (χ4n) is 2.40. The molecule has 0 spiro atoms. The Labute approximate surface area is 117 Å². The van der Waals surface area contributed by atoms with Gasteiger partial charge in [-0.3, -0.25) is 0 Å². The third-order valence-corrected chi connectivity index (χ3v) is 3.79. The smallest absolute Gasteiger partial charge is 0.131 e. The van der Waals surface area contributed by atoms with Crippen LogP contribution >= 0.6 is 15.9 Å². The van der Waals surface area contributed by atoms with E-state index in [0.29, 0.717) is 12.6 Å². The average Bonchev–Trinajstić information content (AvgIpc) is 2.36. The van der Waals surface area contributed by atoms with Crippen LogP contribution in [-0.4, -0.2) is 25.9 Å². The number of fused-ring (bicyclic) bond motifs is 1. The fraction of sp³-hybridized carbons (Fsp3) is 0.571. The van der Waals surface area contributed by atoms with Crippen LogP contribution in [0.5, 0.6) is 5.75 Å². The minimum Gasteiger partial charge on any atom is -0.485 e. The molecule has 0 bridgehead atoms. The van der Waals surface area contributed by atoms with Crippen molar-refractivity contribution in [1.82, 2.24) is 5.32 Å². The van der Waals surface area contributed by atoms with Crippen molar-refractivity contribution < 1.29 is 9.47 Å². The zero-order valence-electron chi connectivity index (χ0n) is 11.1. The normalized spacial score (nSPS) is 26.6. The molecule has 2 unspecified atom stereocenters. The first-order chi connectivity index (χ1) is 8.58. The van der Waals surface area contributed by atoms with E-state index < -0.39 is 0 Å². The first-order valence-corrected chi connectivity index (χ1v) is 7.11. The maximum atomic E-state index is 6.12. The molecule has 100 valence electrons. The van der Waals surface area contributed by atoms with Crippen molar-refractivity contribution in [1.29, 1.82) is 0 Å². The van der Waals surface area contributed by atoms with E-state index in [4.69, 9.17) is 9.47 Å². The largest absolute Gasteiger partial charge is 0.485 e. The van der Waals surface area contributed by atoms with Gasteiger partial charge in [-0.15, -0.1) is 0 Å². The molecule has 0 aromatic heterocycles. The van der Waals surface area contributed by atoms with Gasteiger partial charge in [0.2, 0.25) is 0 Å². The van der Waals surface area contributed by atoms with Crippen molar-refractivity contribution in [3.05, 3.63) is 28.2 Å². The number of hydrogen-bond acceptors (Lipinski definition) is 3. The summed E-state index contributed by atoms with van der Waals surface area (Å²) in [6.07, 6.45) is 0.910. The molecule has 2 atom stereocenters. The van der Waals surface area contributed by atoms with E-state index in [1.165, 1.54) is 5.56 Å². The molecule has 1 heterocycles. The van der Waals surface area contributed by atoms with Crippen LogP contribution in [0.2, 0.25) is 0 Å². The summed E-state index contributed by atoms with van der Waals surface area (Å²) in [5, 5.41) is 3.36. The summed E-state index contributed by atoms with van der Waals surface area (Å²) in [6, 6.07) is 6.46. The highest BCUT2D eigenvalue weighted by molar-refractivity contribution is 9.10. The molecular formula is C14H20BrNO2. The Hall–Kier alpha value is -0.580. The van der Waals surface area contributed by atoms with Crippen LogP contribution in [0.3, 0.4) is 0 Å². The van der Waals surface area contributed by atoms with Gasteiger partial charge in [-0.1, -0.05) is 15.9 Å². The van der Waals surface area contributed by atoms with Crippen LogP contribution in [0.25, 0.3) is 0 Å². The number of nitrogens with one attached hydrogen (secondary N) is 1. The van der Waals surface area contributed by atoms with Gasteiger partial charge in [0.05, 0.1) is 6.61 Å². The molecule has 1 aromatic rings. The molecule has 0 saturated carbocycles. The first kappa shape index (κ1) is 13.8. The van der Waals surface area contributed by atoms with Gasteiger partial charge in [-0.2, -0.15) is 0 Å². The summed E-state index contributed by atoms with van der Waals surface area (Å²) in [4.78, 5) is 0. The Kier molecular flexibility index (Phi) is 4.30. The molecule has 4 heteroatoms. The van der Waals surface area contributed by atoms with Crippen LogP contribution in [0, 0.1) is 0 Å². The second-order valence-corrected chi connectivity index (χ2v) is 5.83. The number of halogens is 1.